The number of quaternary nitrogens is 1. The summed E-state index contributed by atoms with van der Waals surface area (Å²) in [6.07, 6.45) is 105. The molecular formula is C90H181NO8P+. The number of esters is 2. The van der Waals surface area contributed by atoms with E-state index in [9.17, 15) is 19.0 Å². The van der Waals surface area contributed by atoms with E-state index in [1.165, 1.54) is 449 Å². The van der Waals surface area contributed by atoms with Crippen LogP contribution in [0.5, 0.6) is 0 Å². The molecule has 0 radical (unpaired) electrons. The highest BCUT2D eigenvalue weighted by molar-refractivity contribution is 7.47. The zero-order valence-corrected chi connectivity index (χ0v) is 69.7. The number of likely N-dealkylation sites (N-methyl/N-ethyl adjacent to an activating group) is 1. The molecule has 0 amide bonds. The van der Waals surface area contributed by atoms with Crippen LogP contribution in [0.4, 0.5) is 0 Å². The van der Waals surface area contributed by atoms with E-state index in [2.05, 4.69) is 13.8 Å². The van der Waals surface area contributed by atoms with Crippen molar-refractivity contribution in [2.45, 2.75) is 521 Å². The SMILES string of the molecule is CCCCCCCCCCCCCCCCCCCCCCCCCCCCCCCCCCCCCCCCC(=O)OCC(COP(=O)(O)OCC[N+](C)(C)C)OC(=O)CCCCCCCCCCCCCCCCCCCCCCCCCCCCCCCCCCCCCCCC. The van der Waals surface area contributed by atoms with Gasteiger partial charge in [0.25, 0.3) is 0 Å². The summed E-state index contributed by atoms with van der Waals surface area (Å²) in [5, 5.41) is 0. The van der Waals surface area contributed by atoms with E-state index in [1.807, 2.05) is 21.1 Å². The van der Waals surface area contributed by atoms with Crippen molar-refractivity contribution in [3.8, 4) is 0 Å². The van der Waals surface area contributed by atoms with Crippen molar-refractivity contribution in [1.29, 1.82) is 0 Å². The maximum Gasteiger partial charge on any atom is 0.472 e. The van der Waals surface area contributed by atoms with Crippen LogP contribution in [0, 0.1) is 0 Å². The van der Waals surface area contributed by atoms with Crippen molar-refractivity contribution < 1.29 is 42.1 Å². The van der Waals surface area contributed by atoms with Crippen molar-refractivity contribution >= 4 is 19.8 Å². The fraction of sp³-hybridized carbons (Fsp3) is 0.978. The van der Waals surface area contributed by atoms with E-state index in [0.29, 0.717) is 17.4 Å². The second-order valence-electron chi connectivity index (χ2n) is 33.1. The first-order valence-electron chi connectivity index (χ1n) is 45.8. The number of ether oxygens (including phenoxy) is 2. The number of nitrogens with zero attached hydrogens (tertiary/aromatic N) is 1. The number of rotatable bonds is 88. The predicted molar refractivity (Wildman–Crippen MR) is 437 cm³/mol. The quantitative estimate of drug-likeness (QED) is 0.0278. The molecule has 598 valence electrons. The molecule has 0 spiro atoms. The zero-order chi connectivity index (χ0) is 72.5. The Bertz CT molecular complexity index is 1640. The van der Waals surface area contributed by atoms with E-state index in [-0.39, 0.29) is 25.6 Å². The van der Waals surface area contributed by atoms with Crippen molar-refractivity contribution in [3.05, 3.63) is 0 Å². The van der Waals surface area contributed by atoms with Gasteiger partial charge in [0, 0.05) is 12.8 Å². The summed E-state index contributed by atoms with van der Waals surface area (Å²) in [5.41, 5.74) is 0. The Morgan fingerprint density at radius 3 is 0.640 bits per heavy atom. The lowest BCUT2D eigenvalue weighted by atomic mass is 10.0. The molecule has 0 aliphatic rings. The van der Waals surface area contributed by atoms with Gasteiger partial charge in [-0.1, -0.05) is 489 Å². The van der Waals surface area contributed by atoms with Gasteiger partial charge in [-0.15, -0.1) is 0 Å². The summed E-state index contributed by atoms with van der Waals surface area (Å²) in [6, 6.07) is 0. The molecule has 9 nitrogen and oxygen atoms in total. The fourth-order valence-corrected chi connectivity index (χ4v) is 15.4. The van der Waals surface area contributed by atoms with E-state index in [4.69, 9.17) is 18.5 Å². The molecular weight excluding hydrogens is 1250 g/mol. The van der Waals surface area contributed by atoms with Crippen LogP contribution in [0.15, 0.2) is 0 Å². The van der Waals surface area contributed by atoms with Gasteiger partial charge in [0.15, 0.2) is 6.10 Å². The van der Waals surface area contributed by atoms with Crippen LogP contribution < -0.4 is 0 Å². The molecule has 10 heteroatoms. The Labute approximate surface area is 626 Å². The summed E-state index contributed by atoms with van der Waals surface area (Å²) in [4.78, 5) is 36.1. The van der Waals surface area contributed by atoms with E-state index in [1.54, 1.807) is 0 Å². The van der Waals surface area contributed by atoms with Crippen molar-refractivity contribution in [1.82, 2.24) is 0 Å². The molecule has 0 saturated heterocycles. The minimum absolute atomic E-state index is 0.0380. The molecule has 2 unspecified atom stereocenters. The standard InChI is InChI=1S/C90H180NO8P/c1-6-8-10-12-14-16-18-20-22-24-26-28-30-32-34-36-38-40-42-44-46-48-50-52-54-56-58-60-62-64-66-68-70-72-74-76-78-80-82-89(92)96-86-88(87-98-100(94,95)97-85-84-91(3,4)5)99-90(93)83-81-79-77-75-73-71-69-67-65-63-61-59-57-55-53-51-49-47-45-43-41-39-37-35-33-31-29-27-25-23-21-19-17-15-13-11-9-7-2/h88H,6-87H2,1-5H3/p+1. The molecule has 1 N–H and O–H groups in total. The Morgan fingerprint density at radius 1 is 0.270 bits per heavy atom. The third-order valence-electron chi connectivity index (χ3n) is 21.6. The Kier molecular flexibility index (Phi) is 81.3. The maximum absolute atomic E-state index is 12.9. The largest absolute Gasteiger partial charge is 0.472 e. The number of unbranched alkanes of at least 4 members (excludes halogenated alkanes) is 74. The molecule has 0 aliphatic carbocycles. The first-order valence-corrected chi connectivity index (χ1v) is 47.3. The number of carbonyl (C=O) groups is 2. The molecule has 0 aliphatic heterocycles. The summed E-state index contributed by atoms with van der Waals surface area (Å²) in [7, 11) is 1.51. The first kappa shape index (κ1) is 99.0. The average molecular weight is 1440 g/mol. The van der Waals surface area contributed by atoms with Crippen LogP contribution in [0.2, 0.25) is 0 Å². The molecule has 0 bridgehead atoms. The van der Waals surface area contributed by atoms with Gasteiger partial charge in [0.2, 0.25) is 0 Å². The minimum atomic E-state index is -4.39. The minimum Gasteiger partial charge on any atom is -0.462 e. The van der Waals surface area contributed by atoms with Crippen LogP contribution >= 0.6 is 7.82 Å². The van der Waals surface area contributed by atoms with Crippen LogP contribution in [0.1, 0.15) is 515 Å². The third kappa shape index (κ3) is 85.9. The van der Waals surface area contributed by atoms with Gasteiger partial charge in [0.1, 0.15) is 19.8 Å². The van der Waals surface area contributed by atoms with Gasteiger partial charge in [-0.3, -0.25) is 18.6 Å². The van der Waals surface area contributed by atoms with Gasteiger partial charge in [-0.05, 0) is 12.8 Å². The molecule has 0 saturated carbocycles. The molecule has 0 aromatic rings. The van der Waals surface area contributed by atoms with Crippen molar-refractivity contribution in [2.75, 3.05) is 47.5 Å². The van der Waals surface area contributed by atoms with Crippen LogP contribution in [0.3, 0.4) is 0 Å². The van der Waals surface area contributed by atoms with Crippen molar-refractivity contribution in [3.63, 3.8) is 0 Å². The molecule has 0 fully saturated rings. The normalized spacial score (nSPS) is 12.8. The lowest BCUT2D eigenvalue weighted by Gasteiger charge is -2.24. The van der Waals surface area contributed by atoms with Crippen LogP contribution in [0.25, 0.3) is 0 Å². The van der Waals surface area contributed by atoms with Gasteiger partial charge >= 0.3 is 19.8 Å². The van der Waals surface area contributed by atoms with Crippen molar-refractivity contribution in [2.24, 2.45) is 0 Å². The highest BCUT2D eigenvalue weighted by Crippen LogP contribution is 2.43. The van der Waals surface area contributed by atoms with E-state index < -0.39 is 26.5 Å². The Balaban J connectivity index is 3.81. The molecule has 0 heterocycles. The van der Waals surface area contributed by atoms with Crippen LogP contribution in [-0.2, 0) is 32.7 Å². The highest BCUT2D eigenvalue weighted by atomic mass is 31.2. The highest BCUT2D eigenvalue weighted by Gasteiger charge is 2.27. The lowest BCUT2D eigenvalue weighted by Crippen LogP contribution is -2.37. The second kappa shape index (κ2) is 82.1. The predicted octanol–water partition coefficient (Wildman–Crippen LogP) is 30.7. The fourth-order valence-electron chi connectivity index (χ4n) is 14.7. The number of hydrogen-bond donors (Lipinski definition) is 1. The zero-order valence-electron chi connectivity index (χ0n) is 68.8. The summed E-state index contributed by atoms with van der Waals surface area (Å²) < 4.78 is 34.9. The number of hydrogen-bond acceptors (Lipinski definition) is 7. The molecule has 0 rings (SSSR count). The maximum atomic E-state index is 12.9. The molecule has 100 heavy (non-hydrogen) atoms. The summed E-state index contributed by atoms with van der Waals surface area (Å²) >= 11 is 0. The van der Waals surface area contributed by atoms with Gasteiger partial charge in [0.05, 0.1) is 27.7 Å². The van der Waals surface area contributed by atoms with Gasteiger partial charge in [-0.25, -0.2) is 4.57 Å². The Morgan fingerprint density at radius 2 is 0.450 bits per heavy atom. The number of phosphoric ester groups is 1. The summed E-state index contributed by atoms with van der Waals surface area (Å²) in [5.74, 6) is -0.761. The number of carbonyl (C=O) groups excluding carboxylic acids is 2. The molecule has 2 atom stereocenters. The second-order valence-corrected chi connectivity index (χ2v) is 34.5. The Hall–Kier alpha value is -0.990. The monoisotopic (exact) mass is 1440 g/mol. The number of phosphoric acid groups is 1. The van der Waals surface area contributed by atoms with Gasteiger partial charge in [-0.2, -0.15) is 0 Å². The summed E-state index contributed by atoms with van der Waals surface area (Å²) in [6.45, 7) is 4.55. The third-order valence-corrected chi connectivity index (χ3v) is 22.6. The lowest BCUT2D eigenvalue weighted by molar-refractivity contribution is -0.870. The molecule has 0 aromatic heterocycles. The molecule has 0 aromatic carbocycles. The smallest absolute Gasteiger partial charge is 0.462 e. The topological polar surface area (TPSA) is 108 Å². The van der Waals surface area contributed by atoms with Gasteiger partial charge < -0.3 is 18.9 Å². The first-order chi connectivity index (χ1) is 49.0. The average Bonchev–Trinajstić information content (AvgIpc) is 0.934. The van der Waals surface area contributed by atoms with E-state index >= 15 is 0 Å². The van der Waals surface area contributed by atoms with E-state index in [0.717, 1.165) is 38.5 Å². The van der Waals surface area contributed by atoms with Crippen LogP contribution in [-0.4, -0.2) is 74.9 Å².